The van der Waals surface area contributed by atoms with Crippen molar-refractivity contribution in [1.82, 2.24) is 5.32 Å². The fourth-order valence-electron chi connectivity index (χ4n) is 2.79. The van der Waals surface area contributed by atoms with Gasteiger partial charge in [0, 0.05) is 21.2 Å². The quantitative estimate of drug-likeness (QED) is 0.711. The van der Waals surface area contributed by atoms with Crippen LogP contribution in [-0.2, 0) is 0 Å². The first-order chi connectivity index (χ1) is 10.0. The second-order valence-electron chi connectivity index (χ2n) is 5.40. The highest BCUT2D eigenvalue weighted by molar-refractivity contribution is 9.10. The molecule has 1 unspecified atom stereocenters. The van der Waals surface area contributed by atoms with Crippen molar-refractivity contribution in [2.24, 2.45) is 0 Å². The molecule has 2 rings (SSSR count). The van der Waals surface area contributed by atoms with Crippen molar-refractivity contribution < 1.29 is 0 Å². The monoisotopic (exact) mass is 363 g/mol. The van der Waals surface area contributed by atoms with E-state index in [2.05, 4.69) is 78.4 Å². The summed E-state index contributed by atoms with van der Waals surface area (Å²) < 4.78 is 1.17. The molecule has 0 heterocycles. The third kappa shape index (κ3) is 4.12. The molecule has 1 atom stereocenters. The van der Waals surface area contributed by atoms with Gasteiger partial charge in [-0.15, -0.1) is 11.8 Å². The zero-order valence-electron chi connectivity index (χ0n) is 13.0. The highest BCUT2D eigenvalue weighted by Crippen LogP contribution is 2.32. The van der Waals surface area contributed by atoms with Gasteiger partial charge in [-0.2, -0.15) is 0 Å². The van der Waals surface area contributed by atoms with Crippen LogP contribution in [-0.4, -0.2) is 12.8 Å². The van der Waals surface area contributed by atoms with Gasteiger partial charge in [-0.1, -0.05) is 29.8 Å². The third-order valence-corrected chi connectivity index (χ3v) is 5.80. The fraction of sp³-hybridized carbons (Fsp3) is 0.333. The van der Waals surface area contributed by atoms with Crippen LogP contribution in [0.25, 0.3) is 0 Å². The molecule has 0 fully saturated rings. The average Bonchev–Trinajstić information content (AvgIpc) is 2.43. The van der Waals surface area contributed by atoms with Crippen LogP contribution >= 0.6 is 27.7 Å². The van der Waals surface area contributed by atoms with Crippen LogP contribution < -0.4 is 5.32 Å². The minimum atomic E-state index is 0.364. The van der Waals surface area contributed by atoms with Crippen LogP contribution in [0, 0.1) is 20.8 Å². The summed E-state index contributed by atoms with van der Waals surface area (Å²) in [5.41, 5.74) is 5.52. The number of halogens is 1. The van der Waals surface area contributed by atoms with Crippen LogP contribution in [0.3, 0.4) is 0 Å². The maximum absolute atomic E-state index is 3.62. The molecule has 0 saturated carbocycles. The number of hydrogen-bond acceptors (Lipinski definition) is 2. The molecule has 0 aliphatic rings. The van der Waals surface area contributed by atoms with Crippen molar-refractivity contribution in [2.75, 3.05) is 12.8 Å². The van der Waals surface area contributed by atoms with Crippen molar-refractivity contribution in [3.8, 4) is 0 Å². The molecule has 0 bridgehead atoms. The number of hydrogen-bond donors (Lipinski definition) is 1. The van der Waals surface area contributed by atoms with Gasteiger partial charge in [0.25, 0.3) is 0 Å². The Kier molecular flexibility index (Phi) is 5.91. The average molecular weight is 364 g/mol. The highest BCUT2D eigenvalue weighted by atomic mass is 79.9. The smallest absolute Gasteiger partial charge is 0.0418 e. The fourth-order valence-corrected chi connectivity index (χ4v) is 4.48. The molecular weight excluding hydrogens is 342 g/mol. The first-order valence-electron chi connectivity index (χ1n) is 7.15. The lowest BCUT2D eigenvalue weighted by Gasteiger charge is -2.22. The Hall–Kier alpha value is -0.770. The number of thioether (sulfide) groups is 1. The van der Waals surface area contributed by atoms with E-state index in [1.165, 1.54) is 31.6 Å². The van der Waals surface area contributed by atoms with Crippen LogP contribution in [0.1, 0.15) is 28.3 Å². The van der Waals surface area contributed by atoms with E-state index < -0.39 is 0 Å². The standard InChI is InChI=1S/C18H22BrNS/c1-12-9-13(2)18(14(3)10-12)16(20-4)11-21-17-8-6-5-7-15(17)19/h5-10,16,20H,11H2,1-4H3. The molecule has 2 aromatic rings. The van der Waals surface area contributed by atoms with Gasteiger partial charge in [0.05, 0.1) is 0 Å². The van der Waals surface area contributed by atoms with E-state index in [1.807, 2.05) is 18.8 Å². The van der Waals surface area contributed by atoms with Crippen molar-refractivity contribution in [3.63, 3.8) is 0 Å². The van der Waals surface area contributed by atoms with Crippen LogP contribution in [0.15, 0.2) is 45.8 Å². The second-order valence-corrected chi connectivity index (χ2v) is 7.31. The van der Waals surface area contributed by atoms with Gasteiger partial charge in [0.2, 0.25) is 0 Å². The van der Waals surface area contributed by atoms with Crippen molar-refractivity contribution in [1.29, 1.82) is 0 Å². The Labute approximate surface area is 140 Å². The van der Waals surface area contributed by atoms with E-state index >= 15 is 0 Å². The molecule has 0 amide bonds. The first-order valence-corrected chi connectivity index (χ1v) is 8.93. The Morgan fingerprint density at radius 3 is 2.29 bits per heavy atom. The predicted octanol–water partition coefficient (Wildman–Crippen LogP) is 5.43. The summed E-state index contributed by atoms with van der Waals surface area (Å²) in [5.74, 6) is 1.02. The summed E-state index contributed by atoms with van der Waals surface area (Å²) in [7, 11) is 2.05. The van der Waals surface area contributed by atoms with Crippen LogP contribution in [0.4, 0.5) is 0 Å². The van der Waals surface area contributed by atoms with Gasteiger partial charge in [-0.25, -0.2) is 0 Å². The van der Waals surface area contributed by atoms with E-state index in [0.717, 1.165) is 5.75 Å². The lowest BCUT2D eigenvalue weighted by atomic mass is 9.95. The summed E-state index contributed by atoms with van der Waals surface area (Å²) in [6.07, 6.45) is 0. The predicted molar refractivity (Wildman–Crippen MR) is 97.3 cm³/mol. The molecule has 0 aromatic heterocycles. The largest absolute Gasteiger partial charge is 0.312 e. The highest BCUT2D eigenvalue weighted by Gasteiger charge is 2.15. The molecule has 0 aliphatic carbocycles. The van der Waals surface area contributed by atoms with Gasteiger partial charge in [-0.3, -0.25) is 0 Å². The van der Waals surface area contributed by atoms with Gasteiger partial charge >= 0.3 is 0 Å². The molecule has 1 N–H and O–H groups in total. The summed E-state index contributed by atoms with van der Waals surface area (Å²) in [6, 6.07) is 13.3. The molecule has 0 aliphatic heterocycles. The van der Waals surface area contributed by atoms with E-state index in [1.54, 1.807) is 0 Å². The summed E-state index contributed by atoms with van der Waals surface area (Å²) in [6.45, 7) is 6.58. The lowest BCUT2D eigenvalue weighted by molar-refractivity contribution is 0.653. The van der Waals surface area contributed by atoms with Crippen molar-refractivity contribution >= 4 is 27.7 Å². The van der Waals surface area contributed by atoms with Gasteiger partial charge in [0.15, 0.2) is 0 Å². The number of aryl methyl sites for hydroxylation is 3. The molecule has 3 heteroatoms. The zero-order valence-corrected chi connectivity index (χ0v) is 15.4. The van der Waals surface area contributed by atoms with Gasteiger partial charge in [0.1, 0.15) is 0 Å². The topological polar surface area (TPSA) is 12.0 Å². The van der Waals surface area contributed by atoms with Gasteiger partial charge < -0.3 is 5.32 Å². The van der Waals surface area contributed by atoms with E-state index in [9.17, 15) is 0 Å². The van der Waals surface area contributed by atoms with E-state index in [-0.39, 0.29) is 0 Å². The van der Waals surface area contributed by atoms with E-state index in [4.69, 9.17) is 0 Å². The maximum Gasteiger partial charge on any atom is 0.0418 e. The minimum Gasteiger partial charge on any atom is -0.312 e. The normalized spacial score (nSPS) is 12.4. The molecule has 1 nitrogen and oxygen atoms in total. The van der Waals surface area contributed by atoms with E-state index in [0.29, 0.717) is 6.04 Å². The SMILES string of the molecule is CNC(CSc1ccccc1Br)c1c(C)cc(C)cc1C. The van der Waals surface area contributed by atoms with Crippen molar-refractivity contribution in [2.45, 2.75) is 31.7 Å². The lowest BCUT2D eigenvalue weighted by Crippen LogP contribution is -2.21. The summed E-state index contributed by atoms with van der Waals surface area (Å²) in [4.78, 5) is 1.29. The van der Waals surface area contributed by atoms with Crippen LogP contribution in [0.2, 0.25) is 0 Å². The minimum absolute atomic E-state index is 0.364. The second kappa shape index (κ2) is 7.48. The molecule has 112 valence electrons. The molecule has 0 radical (unpaired) electrons. The number of nitrogens with one attached hydrogen (secondary N) is 1. The number of benzene rings is 2. The Morgan fingerprint density at radius 2 is 1.71 bits per heavy atom. The Morgan fingerprint density at radius 1 is 1.10 bits per heavy atom. The molecule has 2 aromatic carbocycles. The molecule has 0 spiro atoms. The first kappa shape index (κ1) is 16.6. The van der Waals surface area contributed by atoms with Gasteiger partial charge in [-0.05, 0) is 72.6 Å². The zero-order chi connectivity index (χ0) is 15.4. The number of rotatable bonds is 5. The molecule has 0 saturated heterocycles. The maximum atomic E-state index is 3.62. The molecule has 21 heavy (non-hydrogen) atoms. The molecular formula is C18H22BrNS. The van der Waals surface area contributed by atoms with Crippen molar-refractivity contribution in [3.05, 3.63) is 63.1 Å². The van der Waals surface area contributed by atoms with Crippen LogP contribution in [0.5, 0.6) is 0 Å². The Bertz CT molecular complexity index is 601. The Balaban J connectivity index is 2.20. The summed E-state index contributed by atoms with van der Waals surface area (Å²) >= 11 is 5.51. The third-order valence-electron chi connectivity index (χ3n) is 3.68. The summed E-state index contributed by atoms with van der Waals surface area (Å²) in [5, 5.41) is 3.47.